The van der Waals surface area contributed by atoms with Gasteiger partial charge in [0.05, 0.1) is 5.04 Å². The maximum atomic E-state index is 5.37. The SMILES string of the molecule is NCCC1=NCCCS1. The average molecular weight is 144 g/mol. The Labute approximate surface area is 59.9 Å². The molecule has 52 valence electrons. The van der Waals surface area contributed by atoms with Gasteiger partial charge < -0.3 is 5.73 Å². The minimum atomic E-state index is 0.742. The summed E-state index contributed by atoms with van der Waals surface area (Å²) in [6.07, 6.45) is 2.21. The molecule has 0 atom stereocenters. The average Bonchev–Trinajstić information content (AvgIpc) is 1.91. The van der Waals surface area contributed by atoms with Crippen LogP contribution in [0, 0.1) is 0 Å². The van der Waals surface area contributed by atoms with Gasteiger partial charge in [-0.2, -0.15) is 0 Å². The molecule has 2 nitrogen and oxygen atoms in total. The molecule has 0 spiro atoms. The summed E-state index contributed by atoms with van der Waals surface area (Å²) in [4.78, 5) is 4.32. The lowest BCUT2D eigenvalue weighted by Gasteiger charge is -2.08. The largest absolute Gasteiger partial charge is 0.330 e. The highest BCUT2D eigenvalue weighted by Crippen LogP contribution is 2.13. The lowest BCUT2D eigenvalue weighted by atomic mass is 10.4. The van der Waals surface area contributed by atoms with E-state index in [0.717, 1.165) is 19.5 Å². The highest BCUT2D eigenvalue weighted by Gasteiger charge is 2.02. The first kappa shape index (κ1) is 7.09. The fraction of sp³-hybridized carbons (Fsp3) is 0.833. The first-order valence-electron chi connectivity index (χ1n) is 3.29. The predicted molar refractivity (Wildman–Crippen MR) is 43.0 cm³/mol. The van der Waals surface area contributed by atoms with Gasteiger partial charge in [0.15, 0.2) is 0 Å². The third kappa shape index (κ3) is 2.37. The van der Waals surface area contributed by atoms with Crippen LogP contribution in [0.5, 0.6) is 0 Å². The second-order valence-corrected chi connectivity index (χ2v) is 3.18. The lowest BCUT2D eigenvalue weighted by molar-refractivity contribution is 0.923. The van der Waals surface area contributed by atoms with Crippen molar-refractivity contribution in [2.75, 3.05) is 18.8 Å². The quantitative estimate of drug-likeness (QED) is 0.624. The number of rotatable bonds is 2. The van der Waals surface area contributed by atoms with Gasteiger partial charge in [0.1, 0.15) is 0 Å². The Morgan fingerprint density at radius 2 is 2.56 bits per heavy atom. The van der Waals surface area contributed by atoms with Gasteiger partial charge in [0.25, 0.3) is 0 Å². The summed E-state index contributed by atoms with van der Waals surface area (Å²) in [7, 11) is 0. The summed E-state index contributed by atoms with van der Waals surface area (Å²) in [6.45, 7) is 1.76. The van der Waals surface area contributed by atoms with Crippen molar-refractivity contribution in [2.45, 2.75) is 12.8 Å². The molecular weight excluding hydrogens is 132 g/mol. The standard InChI is InChI=1S/C6H12N2S/c7-3-2-6-8-4-1-5-9-6/h1-5,7H2. The van der Waals surface area contributed by atoms with Crippen LogP contribution in [0.4, 0.5) is 0 Å². The number of nitrogens with two attached hydrogens (primary N) is 1. The molecule has 0 unspecified atom stereocenters. The third-order valence-corrected chi connectivity index (χ3v) is 2.38. The molecule has 0 aromatic heterocycles. The van der Waals surface area contributed by atoms with Gasteiger partial charge in [-0.15, -0.1) is 11.8 Å². The number of aliphatic imine (C=N–C) groups is 1. The predicted octanol–water partition coefficient (Wildman–Crippen LogP) is 0.871. The van der Waals surface area contributed by atoms with Gasteiger partial charge in [-0.05, 0) is 13.0 Å². The van der Waals surface area contributed by atoms with Crippen LogP contribution in [0.3, 0.4) is 0 Å². The van der Waals surface area contributed by atoms with Crippen molar-refractivity contribution in [3.8, 4) is 0 Å². The second kappa shape index (κ2) is 3.90. The van der Waals surface area contributed by atoms with E-state index in [4.69, 9.17) is 5.73 Å². The zero-order valence-electron chi connectivity index (χ0n) is 5.47. The molecule has 0 fully saturated rings. The molecular formula is C6H12N2S. The van der Waals surface area contributed by atoms with E-state index < -0.39 is 0 Å². The van der Waals surface area contributed by atoms with E-state index in [1.807, 2.05) is 11.8 Å². The summed E-state index contributed by atoms with van der Waals surface area (Å²) in [5, 5.41) is 1.25. The molecule has 1 aliphatic heterocycles. The smallest absolute Gasteiger partial charge is 0.0688 e. The number of hydrogen-bond acceptors (Lipinski definition) is 3. The Morgan fingerprint density at radius 3 is 3.11 bits per heavy atom. The first-order valence-corrected chi connectivity index (χ1v) is 4.28. The number of hydrogen-bond donors (Lipinski definition) is 1. The highest BCUT2D eigenvalue weighted by molar-refractivity contribution is 8.14. The molecule has 0 saturated carbocycles. The van der Waals surface area contributed by atoms with Crippen LogP contribution < -0.4 is 5.73 Å². The molecule has 2 N–H and O–H groups in total. The van der Waals surface area contributed by atoms with Crippen molar-refractivity contribution in [3.05, 3.63) is 0 Å². The van der Waals surface area contributed by atoms with Crippen molar-refractivity contribution >= 4 is 16.8 Å². The van der Waals surface area contributed by atoms with Crippen LogP contribution in [-0.4, -0.2) is 23.9 Å². The van der Waals surface area contributed by atoms with Gasteiger partial charge in [-0.3, -0.25) is 4.99 Å². The molecule has 0 aromatic carbocycles. The Bertz CT molecular complexity index is 112. The van der Waals surface area contributed by atoms with Crippen molar-refractivity contribution in [1.29, 1.82) is 0 Å². The van der Waals surface area contributed by atoms with E-state index in [1.54, 1.807) is 0 Å². The van der Waals surface area contributed by atoms with Crippen molar-refractivity contribution in [1.82, 2.24) is 0 Å². The van der Waals surface area contributed by atoms with Crippen molar-refractivity contribution in [3.63, 3.8) is 0 Å². The van der Waals surface area contributed by atoms with E-state index in [9.17, 15) is 0 Å². The lowest BCUT2D eigenvalue weighted by Crippen LogP contribution is -2.09. The first-order chi connectivity index (χ1) is 4.43. The number of nitrogens with zero attached hydrogens (tertiary/aromatic N) is 1. The zero-order chi connectivity index (χ0) is 6.53. The van der Waals surface area contributed by atoms with Crippen LogP contribution in [-0.2, 0) is 0 Å². The van der Waals surface area contributed by atoms with Crippen LogP contribution >= 0.6 is 11.8 Å². The van der Waals surface area contributed by atoms with E-state index in [2.05, 4.69) is 4.99 Å². The maximum absolute atomic E-state index is 5.37. The molecule has 0 aromatic rings. The Morgan fingerprint density at radius 1 is 1.67 bits per heavy atom. The van der Waals surface area contributed by atoms with Gasteiger partial charge >= 0.3 is 0 Å². The highest BCUT2D eigenvalue weighted by atomic mass is 32.2. The molecule has 3 heteroatoms. The van der Waals surface area contributed by atoms with E-state index in [1.165, 1.54) is 17.2 Å². The Balaban J connectivity index is 2.28. The summed E-state index contributed by atoms with van der Waals surface area (Å²) in [5.74, 6) is 1.23. The van der Waals surface area contributed by atoms with Gasteiger partial charge in [-0.1, -0.05) is 0 Å². The monoisotopic (exact) mass is 144 g/mol. The van der Waals surface area contributed by atoms with Crippen molar-refractivity contribution < 1.29 is 0 Å². The molecule has 1 heterocycles. The molecule has 0 saturated heterocycles. The van der Waals surface area contributed by atoms with Gasteiger partial charge in [0, 0.05) is 18.7 Å². The molecule has 9 heavy (non-hydrogen) atoms. The molecule has 1 aliphatic rings. The second-order valence-electron chi connectivity index (χ2n) is 2.02. The normalized spacial score (nSPS) is 19.4. The van der Waals surface area contributed by atoms with E-state index >= 15 is 0 Å². The fourth-order valence-corrected chi connectivity index (χ4v) is 1.73. The van der Waals surface area contributed by atoms with Crippen LogP contribution in [0.15, 0.2) is 4.99 Å². The summed E-state index contributed by atoms with van der Waals surface area (Å²) in [5.41, 5.74) is 5.37. The minimum absolute atomic E-state index is 0.742. The van der Waals surface area contributed by atoms with Gasteiger partial charge in [-0.25, -0.2) is 0 Å². The number of thioether (sulfide) groups is 1. The van der Waals surface area contributed by atoms with Crippen LogP contribution in [0.2, 0.25) is 0 Å². The fourth-order valence-electron chi connectivity index (χ4n) is 0.779. The minimum Gasteiger partial charge on any atom is -0.330 e. The molecule has 0 bridgehead atoms. The summed E-state index contributed by atoms with van der Waals surface area (Å²) in [6, 6.07) is 0. The summed E-state index contributed by atoms with van der Waals surface area (Å²) < 4.78 is 0. The topological polar surface area (TPSA) is 38.4 Å². The molecule has 0 radical (unpaired) electrons. The Hall–Kier alpha value is -0.0200. The zero-order valence-corrected chi connectivity index (χ0v) is 6.28. The van der Waals surface area contributed by atoms with Crippen molar-refractivity contribution in [2.24, 2.45) is 10.7 Å². The third-order valence-electron chi connectivity index (χ3n) is 1.22. The summed E-state index contributed by atoms with van der Waals surface area (Å²) >= 11 is 1.86. The maximum Gasteiger partial charge on any atom is 0.0688 e. The van der Waals surface area contributed by atoms with E-state index in [0.29, 0.717) is 0 Å². The van der Waals surface area contributed by atoms with Gasteiger partial charge in [0.2, 0.25) is 0 Å². The van der Waals surface area contributed by atoms with E-state index in [-0.39, 0.29) is 0 Å². The van der Waals surface area contributed by atoms with Crippen LogP contribution in [0.1, 0.15) is 12.8 Å². The molecule has 0 amide bonds. The molecule has 1 rings (SSSR count). The van der Waals surface area contributed by atoms with Crippen LogP contribution in [0.25, 0.3) is 0 Å². The molecule has 0 aliphatic carbocycles. The Kier molecular flexibility index (Phi) is 3.08.